The Balaban J connectivity index is 3.14. The Bertz CT molecular complexity index is 291. The highest BCUT2D eigenvalue weighted by molar-refractivity contribution is 6.30. The van der Waals surface area contributed by atoms with E-state index >= 15 is 0 Å². The van der Waals surface area contributed by atoms with Crippen LogP contribution in [0.5, 0.6) is 5.75 Å². The van der Waals surface area contributed by atoms with Gasteiger partial charge in [-0.15, -0.1) is 0 Å². The van der Waals surface area contributed by atoms with Gasteiger partial charge < -0.3 is 5.11 Å². The molecule has 1 aromatic heterocycles. The summed E-state index contributed by atoms with van der Waals surface area (Å²) >= 11 is 5.66. The SMILES string of the molecule is CC(C)(C)c1ccc(O)c(Cl)n1. The van der Waals surface area contributed by atoms with Crippen LogP contribution in [0.4, 0.5) is 0 Å². The van der Waals surface area contributed by atoms with E-state index in [2.05, 4.69) is 4.98 Å². The molecule has 3 heteroatoms. The highest BCUT2D eigenvalue weighted by atomic mass is 35.5. The fourth-order valence-corrected chi connectivity index (χ4v) is 0.999. The Morgan fingerprint density at radius 2 is 1.92 bits per heavy atom. The molecule has 2 nitrogen and oxygen atoms in total. The summed E-state index contributed by atoms with van der Waals surface area (Å²) in [6.07, 6.45) is 0. The van der Waals surface area contributed by atoms with Gasteiger partial charge in [0.15, 0.2) is 10.9 Å². The van der Waals surface area contributed by atoms with Crippen molar-refractivity contribution in [2.24, 2.45) is 0 Å². The molecule has 0 aliphatic heterocycles. The minimum atomic E-state index is -0.0304. The van der Waals surface area contributed by atoms with Crippen LogP contribution < -0.4 is 0 Å². The monoisotopic (exact) mass is 185 g/mol. The van der Waals surface area contributed by atoms with E-state index in [-0.39, 0.29) is 16.3 Å². The fraction of sp³-hybridized carbons (Fsp3) is 0.444. The molecule has 0 amide bonds. The second-order valence-corrected chi connectivity index (χ2v) is 4.11. The lowest BCUT2D eigenvalue weighted by Crippen LogP contribution is -2.13. The number of halogens is 1. The zero-order valence-corrected chi connectivity index (χ0v) is 8.18. The van der Waals surface area contributed by atoms with Gasteiger partial charge in [-0.1, -0.05) is 32.4 Å². The van der Waals surface area contributed by atoms with Crippen molar-refractivity contribution in [3.63, 3.8) is 0 Å². The number of hydrogen-bond donors (Lipinski definition) is 1. The van der Waals surface area contributed by atoms with Crippen molar-refractivity contribution in [2.45, 2.75) is 26.2 Å². The Labute approximate surface area is 77.2 Å². The normalized spacial score (nSPS) is 11.7. The smallest absolute Gasteiger partial charge is 0.171 e. The second kappa shape index (κ2) is 2.94. The van der Waals surface area contributed by atoms with Crippen LogP contribution in [0.15, 0.2) is 12.1 Å². The van der Waals surface area contributed by atoms with Crippen molar-refractivity contribution in [3.8, 4) is 5.75 Å². The summed E-state index contributed by atoms with van der Waals surface area (Å²) in [6.45, 7) is 6.13. The minimum absolute atomic E-state index is 0.0304. The molecule has 0 unspecified atom stereocenters. The molecule has 1 aromatic rings. The van der Waals surface area contributed by atoms with E-state index in [1.54, 1.807) is 12.1 Å². The van der Waals surface area contributed by atoms with Gasteiger partial charge in [-0.3, -0.25) is 0 Å². The number of hydrogen-bond acceptors (Lipinski definition) is 2. The molecule has 0 fully saturated rings. The first-order valence-corrected chi connectivity index (χ1v) is 4.15. The summed E-state index contributed by atoms with van der Waals surface area (Å²) in [5.74, 6) is 0.0321. The van der Waals surface area contributed by atoms with Crippen molar-refractivity contribution in [2.75, 3.05) is 0 Å². The maximum atomic E-state index is 9.11. The summed E-state index contributed by atoms with van der Waals surface area (Å²) in [7, 11) is 0. The van der Waals surface area contributed by atoms with Crippen molar-refractivity contribution in [1.29, 1.82) is 0 Å². The summed E-state index contributed by atoms with van der Waals surface area (Å²) in [4.78, 5) is 4.06. The first kappa shape index (κ1) is 9.33. The maximum absolute atomic E-state index is 9.11. The first-order chi connectivity index (χ1) is 5.41. The van der Waals surface area contributed by atoms with Gasteiger partial charge in [0.05, 0.1) is 0 Å². The zero-order valence-electron chi connectivity index (χ0n) is 7.43. The summed E-state index contributed by atoms with van der Waals surface area (Å²) in [6, 6.07) is 3.34. The topological polar surface area (TPSA) is 33.1 Å². The summed E-state index contributed by atoms with van der Waals surface area (Å²) in [5.41, 5.74) is 0.849. The molecule has 0 saturated carbocycles. The molecule has 1 heterocycles. The molecule has 0 radical (unpaired) electrons. The lowest BCUT2D eigenvalue weighted by atomic mass is 9.92. The molecular formula is C9H12ClNO. The molecule has 1 N–H and O–H groups in total. The second-order valence-electron chi connectivity index (χ2n) is 3.76. The van der Waals surface area contributed by atoms with Crippen molar-refractivity contribution < 1.29 is 5.11 Å². The van der Waals surface area contributed by atoms with Crippen molar-refractivity contribution in [3.05, 3.63) is 23.0 Å². The first-order valence-electron chi connectivity index (χ1n) is 3.77. The van der Waals surface area contributed by atoms with E-state index < -0.39 is 0 Å². The molecule has 66 valence electrons. The maximum Gasteiger partial charge on any atom is 0.171 e. The molecule has 12 heavy (non-hydrogen) atoms. The van der Waals surface area contributed by atoms with Crippen LogP contribution in [0.2, 0.25) is 5.15 Å². The molecule has 0 spiro atoms. The van der Waals surface area contributed by atoms with Crippen molar-refractivity contribution in [1.82, 2.24) is 4.98 Å². The third-order valence-electron chi connectivity index (χ3n) is 1.60. The highest BCUT2D eigenvalue weighted by Crippen LogP contribution is 2.26. The Kier molecular flexibility index (Phi) is 2.29. The van der Waals surface area contributed by atoms with E-state index in [4.69, 9.17) is 16.7 Å². The largest absolute Gasteiger partial charge is 0.505 e. The average molecular weight is 186 g/mol. The summed E-state index contributed by atoms with van der Waals surface area (Å²) < 4.78 is 0. The van der Waals surface area contributed by atoms with Gasteiger partial charge in [0.25, 0.3) is 0 Å². The number of rotatable bonds is 0. The van der Waals surface area contributed by atoms with Crippen LogP contribution in [0.1, 0.15) is 26.5 Å². The van der Waals surface area contributed by atoms with E-state index in [9.17, 15) is 0 Å². The van der Waals surface area contributed by atoms with E-state index in [1.807, 2.05) is 20.8 Å². The van der Waals surface area contributed by atoms with Gasteiger partial charge in [-0.2, -0.15) is 0 Å². The number of aromatic nitrogens is 1. The van der Waals surface area contributed by atoms with Gasteiger partial charge >= 0.3 is 0 Å². The third-order valence-corrected chi connectivity index (χ3v) is 1.88. The third kappa shape index (κ3) is 1.89. The molecule has 0 saturated heterocycles. The van der Waals surface area contributed by atoms with Crippen LogP contribution in [0.3, 0.4) is 0 Å². The van der Waals surface area contributed by atoms with Gasteiger partial charge in [-0.05, 0) is 12.1 Å². The van der Waals surface area contributed by atoms with Crippen LogP contribution in [0, 0.1) is 0 Å². The average Bonchev–Trinajstić information content (AvgIpc) is 1.92. The van der Waals surface area contributed by atoms with E-state index in [1.165, 1.54) is 0 Å². The van der Waals surface area contributed by atoms with Crippen LogP contribution >= 0.6 is 11.6 Å². The van der Waals surface area contributed by atoms with Gasteiger partial charge in [0.2, 0.25) is 0 Å². The Morgan fingerprint density at radius 1 is 1.33 bits per heavy atom. The van der Waals surface area contributed by atoms with Crippen LogP contribution in [0.25, 0.3) is 0 Å². The van der Waals surface area contributed by atoms with E-state index in [0.29, 0.717) is 0 Å². The minimum Gasteiger partial charge on any atom is -0.505 e. The Hall–Kier alpha value is -0.760. The molecule has 1 rings (SSSR count). The lowest BCUT2D eigenvalue weighted by molar-refractivity contribution is 0.469. The quantitative estimate of drug-likeness (QED) is 0.631. The van der Waals surface area contributed by atoms with E-state index in [0.717, 1.165) is 5.69 Å². The lowest BCUT2D eigenvalue weighted by Gasteiger charge is -2.17. The summed E-state index contributed by atoms with van der Waals surface area (Å²) in [5, 5.41) is 9.28. The number of nitrogens with zero attached hydrogens (tertiary/aromatic N) is 1. The molecular weight excluding hydrogens is 174 g/mol. The van der Waals surface area contributed by atoms with Crippen molar-refractivity contribution >= 4 is 11.6 Å². The van der Waals surface area contributed by atoms with Gasteiger partial charge in [-0.25, -0.2) is 4.98 Å². The molecule has 0 aliphatic carbocycles. The van der Waals surface area contributed by atoms with Gasteiger partial charge in [0.1, 0.15) is 0 Å². The predicted molar refractivity (Wildman–Crippen MR) is 49.6 cm³/mol. The predicted octanol–water partition coefficient (Wildman–Crippen LogP) is 2.74. The fourth-order valence-electron chi connectivity index (χ4n) is 0.845. The van der Waals surface area contributed by atoms with Crippen LogP contribution in [-0.2, 0) is 5.41 Å². The zero-order chi connectivity index (χ0) is 9.35. The number of aromatic hydroxyl groups is 1. The molecule has 0 aromatic carbocycles. The molecule has 0 bridgehead atoms. The van der Waals surface area contributed by atoms with Gasteiger partial charge in [0, 0.05) is 11.1 Å². The number of pyridine rings is 1. The highest BCUT2D eigenvalue weighted by Gasteiger charge is 2.16. The Morgan fingerprint density at radius 3 is 2.33 bits per heavy atom. The standard InChI is InChI=1S/C9H12ClNO/c1-9(2,3)7-5-4-6(12)8(10)11-7/h4-5,12H,1-3H3. The molecule has 0 atom stereocenters. The van der Waals surface area contributed by atoms with Crippen LogP contribution in [-0.4, -0.2) is 10.1 Å². The molecule has 0 aliphatic rings.